The van der Waals surface area contributed by atoms with Gasteiger partial charge in [-0.25, -0.2) is 9.18 Å². The molecule has 0 unspecified atom stereocenters. The SMILES string of the molecule is O=C(OCC#CI)OCCF. The van der Waals surface area contributed by atoms with E-state index in [2.05, 4.69) is 19.3 Å². The summed E-state index contributed by atoms with van der Waals surface area (Å²) in [5.74, 6) is 2.48. The highest BCUT2D eigenvalue weighted by Crippen LogP contribution is 1.84. The lowest BCUT2D eigenvalue weighted by atomic mass is 10.8. The van der Waals surface area contributed by atoms with E-state index < -0.39 is 12.8 Å². The van der Waals surface area contributed by atoms with Gasteiger partial charge < -0.3 is 9.47 Å². The molecular weight excluding hydrogens is 266 g/mol. The normalized spacial score (nSPS) is 7.82. The van der Waals surface area contributed by atoms with Crippen molar-refractivity contribution >= 4 is 28.7 Å². The van der Waals surface area contributed by atoms with Gasteiger partial charge >= 0.3 is 6.16 Å². The van der Waals surface area contributed by atoms with Crippen LogP contribution in [0.15, 0.2) is 0 Å². The zero-order valence-corrected chi connectivity index (χ0v) is 7.76. The molecule has 62 valence electrons. The molecule has 0 aromatic carbocycles. The second-order valence-corrected chi connectivity index (χ2v) is 1.89. The molecule has 0 spiro atoms. The van der Waals surface area contributed by atoms with Crippen molar-refractivity contribution in [1.29, 1.82) is 0 Å². The zero-order chi connectivity index (χ0) is 8.53. The third-order valence-electron chi connectivity index (χ3n) is 0.626. The summed E-state index contributed by atoms with van der Waals surface area (Å²) in [7, 11) is 0. The highest BCUT2D eigenvalue weighted by atomic mass is 127. The summed E-state index contributed by atoms with van der Waals surface area (Å²) in [6.07, 6.45) is -0.887. The molecule has 0 aromatic heterocycles. The fourth-order valence-corrected chi connectivity index (χ4v) is 0.442. The van der Waals surface area contributed by atoms with Crippen molar-refractivity contribution in [2.24, 2.45) is 0 Å². The second-order valence-electron chi connectivity index (χ2n) is 1.35. The molecule has 0 aliphatic heterocycles. The standard InChI is InChI=1S/C6H6FIO3/c7-2-5-11-6(9)10-4-1-3-8/h2,4-5H2. The first-order chi connectivity index (χ1) is 5.31. The molecule has 0 fully saturated rings. The van der Waals surface area contributed by atoms with Gasteiger partial charge in [-0.1, -0.05) is 5.92 Å². The molecule has 5 heteroatoms. The number of halogens is 2. The average molecular weight is 272 g/mol. The van der Waals surface area contributed by atoms with Gasteiger partial charge in [-0.2, -0.15) is 0 Å². The van der Waals surface area contributed by atoms with Crippen LogP contribution in [0, 0.1) is 9.85 Å². The minimum atomic E-state index is -0.887. The Balaban J connectivity index is 3.27. The molecule has 0 aliphatic carbocycles. The van der Waals surface area contributed by atoms with Crippen molar-refractivity contribution in [2.45, 2.75) is 0 Å². The largest absolute Gasteiger partial charge is 0.509 e. The molecule has 0 heterocycles. The molecule has 0 rings (SSSR count). The summed E-state index contributed by atoms with van der Waals surface area (Å²) in [5.41, 5.74) is 0. The summed E-state index contributed by atoms with van der Waals surface area (Å²) in [6.45, 7) is -0.988. The van der Waals surface area contributed by atoms with E-state index in [1.54, 1.807) is 0 Å². The van der Waals surface area contributed by atoms with E-state index in [1.165, 1.54) is 0 Å². The van der Waals surface area contributed by atoms with E-state index in [1.807, 2.05) is 22.6 Å². The highest BCUT2D eigenvalue weighted by molar-refractivity contribution is 14.1. The summed E-state index contributed by atoms with van der Waals surface area (Å²) in [6, 6.07) is 0. The summed E-state index contributed by atoms with van der Waals surface area (Å²) in [5, 5.41) is 0. The van der Waals surface area contributed by atoms with Crippen molar-refractivity contribution in [3.8, 4) is 9.85 Å². The third-order valence-corrected chi connectivity index (χ3v) is 1.01. The van der Waals surface area contributed by atoms with Crippen molar-refractivity contribution in [1.82, 2.24) is 0 Å². The van der Waals surface area contributed by atoms with Crippen molar-refractivity contribution in [3.05, 3.63) is 0 Å². The van der Waals surface area contributed by atoms with E-state index in [0.717, 1.165) is 0 Å². The first kappa shape index (κ1) is 10.5. The number of rotatable bonds is 3. The van der Waals surface area contributed by atoms with E-state index in [9.17, 15) is 9.18 Å². The summed E-state index contributed by atoms with van der Waals surface area (Å²) >= 11 is 1.81. The van der Waals surface area contributed by atoms with E-state index >= 15 is 0 Å². The Bertz CT molecular complexity index is 172. The van der Waals surface area contributed by atoms with E-state index in [-0.39, 0.29) is 13.2 Å². The van der Waals surface area contributed by atoms with Crippen LogP contribution in [-0.2, 0) is 9.47 Å². The van der Waals surface area contributed by atoms with Gasteiger partial charge in [-0.05, 0) is 3.93 Å². The number of carbonyl (C=O) groups is 1. The van der Waals surface area contributed by atoms with Gasteiger partial charge in [0.25, 0.3) is 0 Å². The first-order valence-electron chi connectivity index (χ1n) is 2.75. The first-order valence-corrected chi connectivity index (χ1v) is 3.83. The summed E-state index contributed by atoms with van der Waals surface area (Å²) in [4.78, 5) is 10.4. The average Bonchev–Trinajstić information content (AvgIpc) is 2.01. The van der Waals surface area contributed by atoms with Crippen molar-refractivity contribution in [3.63, 3.8) is 0 Å². The lowest BCUT2D eigenvalue weighted by molar-refractivity contribution is 0.0601. The molecule has 0 saturated carbocycles. The predicted octanol–water partition coefficient (Wildman–Crippen LogP) is 1.50. The fourth-order valence-electron chi connectivity index (χ4n) is 0.286. The van der Waals surface area contributed by atoms with Gasteiger partial charge in [0.1, 0.15) is 13.3 Å². The predicted molar refractivity (Wildman–Crippen MR) is 45.1 cm³/mol. The van der Waals surface area contributed by atoms with E-state index in [0.29, 0.717) is 0 Å². The highest BCUT2D eigenvalue weighted by Gasteiger charge is 1.99. The lowest BCUT2D eigenvalue weighted by Crippen LogP contribution is -2.09. The van der Waals surface area contributed by atoms with Gasteiger partial charge in [-0.3, -0.25) is 0 Å². The minimum absolute atomic E-state index is 0.0198. The molecule has 11 heavy (non-hydrogen) atoms. The molecule has 3 nitrogen and oxygen atoms in total. The molecule has 0 atom stereocenters. The second kappa shape index (κ2) is 7.60. The van der Waals surface area contributed by atoms with Crippen LogP contribution in [0.2, 0.25) is 0 Å². The number of alkyl halides is 1. The molecular formula is C6H6FIO3. The summed E-state index contributed by atoms with van der Waals surface area (Å²) < 4.78 is 22.5. The molecule has 0 aliphatic rings. The number of ether oxygens (including phenoxy) is 2. The quantitative estimate of drug-likeness (QED) is 0.444. The molecule has 0 amide bonds. The zero-order valence-electron chi connectivity index (χ0n) is 5.60. The molecule has 0 bridgehead atoms. The maximum absolute atomic E-state index is 11.4. The Labute approximate surface area is 77.4 Å². The maximum Gasteiger partial charge on any atom is 0.509 e. The van der Waals surface area contributed by atoms with Crippen LogP contribution in [0.25, 0.3) is 0 Å². The topological polar surface area (TPSA) is 35.5 Å². The van der Waals surface area contributed by atoms with Crippen LogP contribution in [0.5, 0.6) is 0 Å². The van der Waals surface area contributed by atoms with Gasteiger partial charge in [-0.15, -0.1) is 0 Å². The minimum Gasteiger partial charge on any atom is -0.431 e. The van der Waals surface area contributed by atoms with E-state index in [4.69, 9.17) is 0 Å². The van der Waals surface area contributed by atoms with Crippen LogP contribution in [-0.4, -0.2) is 26.0 Å². The Morgan fingerprint density at radius 3 is 2.82 bits per heavy atom. The lowest BCUT2D eigenvalue weighted by Gasteiger charge is -1.99. The Hall–Kier alpha value is -0.510. The molecule has 0 saturated heterocycles. The van der Waals surface area contributed by atoms with Crippen LogP contribution < -0.4 is 0 Å². The van der Waals surface area contributed by atoms with Gasteiger partial charge in [0, 0.05) is 22.6 Å². The van der Waals surface area contributed by atoms with Crippen LogP contribution in [0.4, 0.5) is 9.18 Å². The molecule has 0 radical (unpaired) electrons. The number of hydrogen-bond donors (Lipinski definition) is 0. The van der Waals surface area contributed by atoms with Crippen molar-refractivity contribution in [2.75, 3.05) is 19.9 Å². The molecule has 0 N–H and O–H groups in total. The maximum atomic E-state index is 11.4. The van der Waals surface area contributed by atoms with Crippen LogP contribution >= 0.6 is 22.6 Å². The Morgan fingerprint density at radius 1 is 1.55 bits per heavy atom. The number of carbonyl (C=O) groups excluding carboxylic acids is 1. The fraction of sp³-hybridized carbons (Fsp3) is 0.500. The Kier molecular flexibility index (Phi) is 7.24. The van der Waals surface area contributed by atoms with Gasteiger partial charge in [0.05, 0.1) is 0 Å². The monoisotopic (exact) mass is 272 g/mol. The smallest absolute Gasteiger partial charge is 0.431 e. The van der Waals surface area contributed by atoms with Crippen LogP contribution in [0.1, 0.15) is 0 Å². The van der Waals surface area contributed by atoms with Gasteiger partial charge in [0.15, 0.2) is 6.61 Å². The number of hydrogen-bond acceptors (Lipinski definition) is 3. The van der Waals surface area contributed by atoms with Crippen LogP contribution in [0.3, 0.4) is 0 Å². The van der Waals surface area contributed by atoms with Crippen molar-refractivity contribution < 1.29 is 18.7 Å². The third kappa shape index (κ3) is 7.39. The Morgan fingerprint density at radius 2 is 2.27 bits per heavy atom. The van der Waals surface area contributed by atoms with Gasteiger partial charge in [0.2, 0.25) is 0 Å². The molecule has 0 aromatic rings.